The van der Waals surface area contributed by atoms with Crippen LogP contribution in [0.4, 0.5) is 0 Å². The molecule has 1 saturated heterocycles. The van der Waals surface area contributed by atoms with Crippen molar-refractivity contribution in [2.24, 2.45) is 0 Å². The van der Waals surface area contributed by atoms with Crippen molar-refractivity contribution in [1.82, 2.24) is 19.8 Å². The molecule has 5 rings (SSSR count). The number of aryl methyl sites for hydroxylation is 1. The summed E-state index contributed by atoms with van der Waals surface area (Å²) in [5.74, 6) is 1.59. The van der Waals surface area contributed by atoms with Gasteiger partial charge in [-0.25, -0.2) is 4.98 Å². The van der Waals surface area contributed by atoms with Gasteiger partial charge in [0.05, 0.1) is 24.4 Å². The van der Waals surface area contributed by atoms with Crippen LogP contribution < -0.4 is 5.32 Å². The van der Waals surface area contributed by atoms with Gasteiger partial charge >= 0.3 is 0 Å². The smallest absolute Gasteiger partial charge is 0.230 e. The summed E-state index contributed by atoms with van der Waals surface area (Å²) in [6.45, 7) is 4.84. The van der Waals surface area contributed by atoms with Gasteiger partial charge in [0.2, 0.25) is 5.91 Å². The number of methoxy groups -OCH3 is 1. The number of amides is 1. The Morgan fingerprint density at radius 3 is 2.74 bits per heavy atom. The summed E-state index contributed by atoms with van der Waals surface area (Å²) < 4.78 is 8.34. The Kier molecular flexibility index (Phi) is 7.00. The van der Waals surface area contributed by atoms with Gasteiger partial charge < -0.3 is 14.6 Å². The van der Waals surface area contributed by atoms with Crippen LogP contribution in [0, 0.1) is 6.92 Å². The highest BCUT2D eigenvalue weighted by atomic mass is 32.2. The standard InChI is InChI=1S/C28H34N4O2S/c1-20-7-6-8-21(17-20)32-16-13-29-24(32)18-31-14-11-28(12-15-31)23-10-5-4-9-22(23)26(27(28)34-2)30-25(33)19-35-3/h4-10,13,16-17,26-27H,11-12,14-15,18-19H2,1-3H3,(H,30,33)/t26-,27+/m1/s1. The molecule has 1 aliphatic heterocycles. The van der Waals surface area contributed by atoms with Gasteiger partial charge in [-0.05, 0) is 67.9 Å². The van der Waals surface area contributed by atoms with Crippen molar-refractivity contribution >= 4 is 17.7 Å². The van der Waals surface area contributed by atoms with E-state index in [-0.39, 0.29) is 23.5 Å². The van der Waals surface area contributed by atoms with E-state index in [9.17, 15) is 4.79 Å². The number of nitrogens with zero attached hydrogens (tertiary/aromatic N) is 3. The third kappa shape index (κ3) is 4.53. The van der Waals surface area contributed by atoms with Crippen molar-refractivity contribution in [2.45, 2.75) is 43.9 Å². The Morgan fingerprint density at radius 2 is 2.00 bits per heavy atom. The summed E-state index contributed by atoms with van der Waals surface area (Å²) >= 11 is 1.54. The summed E-state index contributed by atoms with van der Waals surface area (Å²) in [4.78, 5) is 19.7. The van der Waals surface area contributed by atoms with E-state index < -0.39 is 0 Å². The highest BCUT2D eigenvalue weighted by Gasteiger charge is 2.53. The third-order valence-corrected chi connectivity index (χ3v) is 8.19. The van der Waals surface area contributed by atoms with E-state index in [1.54, 1.807) is 18.9 Å². The number of carbonyl (C=O) groups excluding carboxylic acids is 1. The number of imidazole rings is 1. The monoisotopic (exact) mass is 490 g/mol. The molecule has 0 radical (unpaired) electrons. The molecule has 1 N–H and O–H groups in total. The van der Waals surface area contributed by atoms with Gasteiger partial charge in [-0.3, -0.25) is 9.69 Å². The molecule has 0 bridgehead atoms. The number of nitrogens with one attached hydrogen (secondary N) is 1. The minimum atomic E-state index is -0.109. The second-order valence-corrected chi connectivity index (χ2v) is 10.6. The zero-order valence-corrected chi connectivity index (χ0v) is 21.6. The lowest BCUT2D eigenvalue weighted by Crippen LogP contribution is -2.50. The summed E-state index contributed by atoms with van der Waals surface area (Å²) in [5, 5.41) is 3.27. The zero-order valence-electron chi connectivity index (χ0n) is 20.7. The van der Waals surface area contributed by atoms with Gasteiger partial charge in [0.25, 0.3) is 0 Å². The molecule has 3 aromatic rings. The molecule has 2 atom stereocenters. The summed E-state index contributed by atoms with van der Waals surface area (Å²) in [5.41, 5.74) is 4.84. The average molecular weight is 491 g/mol. The molecule has 1 fully saturated rings. The summed E-state index contributed by atoms with van der Waals surface area (Å²) in [6, 6.07) is 17.0. The SMILES string of the molecule is CO[C@H]1[C@H](NC(=O)CSC)c2ccccc2C12CCN(Cc1nccn1-c1cccc(C)c1)CC2. The topological polar surface area (TPSA) is 59.4 Å². The van der Waals surface area contributed by atoms with E-state index >= 15 is 0 Å². The van der Waals surface area contributed by atoms with Gasteiger partial charge in [-0.15, -0.1) is 0 Å². The van der Waals surface area contributed by atoms with Crippen molar-refractivity contribution < 1.29 is 9.53 Å². The van der Waals surface area contributed by atoms with Gasteiger partial charge in [0, 0.05) is 30.6 Å². The van der Waals surface area contributed by atoms with Gasteiger partial charge in [0.1, 0.15) is 5.82 Å². The van der Waals surface area contributed by atoms with Gasteiger partial charge in [-0.2, -0.15) is 11.8 Å². The maximum Gasteiger partial charge on any atom is 0.230 e. The zero-order chi connectivity index (χ0) is 24.4. The summed E-state index contributed by atoms with van der Waals surface area (Å²) in [7, 11) is 1.79. The first-order valence-electron chi connectivity index (χ1n) is 12.3. The molecule has 35 heavy (non-hydrogen) atoms. The van der Waals surface area contributed by atoms with E-state index in [2.05, 4.69) is 75.2 Å². The maximum absolute atomic E-state index is 12.5. The van der Waals surface area contributed by atoms with Crippen molar-refractivity contribution in [3.05, 3.63) is 83.4 Å². The predicted molar refractivity (Wildman–Crippen MR) is 141 cm³/mol. The minimum absolute atomic E-state index is 0.0665. The first-order valence-corrected chi connectivity index (χ1v) is 13.7. The molecule has 2 aromatic carbocycles. The number of carbonyl (C=O) groups is 1. The number of fused-ring (bicyclic) bond motifs is 2. The third-order valence-electron chi connectivity index (χ3n) is 7.64. The van der Waals surface area contributed by atoms with Crippen LogP contribution in [0.25, 0.3) is 5.69 Å². The largest absolute Gasteiger partial charge is 0.378 e. The molecule has 184 valence electrons. The van der Waals surface area contributed by atoms with Crippen LogP contribution in [-0.4, -0.2) is 58.7 Å². The van der Waals surface area contributed by atoms with E-state index in [0.717, 1.165) is 44.0 Å². The Balaban J connectivity index is 1.35. The van der Waals surface area contributed by atoms with Crippen LogP contribution in [0.1, 0.15) is 41.4 Å². The maximum atomic E-state index is 12.5. The second-order valence-electron chi connectivity index (χ2n) is 9.71. The highest BCUT2D eigenvalue weighted by molar-refractivity contribution is 7.99. The fourth-order valence-electron chi connectivity index (χ4n) is 6.05. The molecule has 1 spiro atoms. The molecular formula is C28H34N4O2S. The van der Waals surface area contributed by atoms with E-state index in [1.807, 2.05) is 18.6 Å². The molecule has 0 saturated carbocycles. The normalized spacial score (nSPS) is 21.2. The lowest BCUT2D eigenvalue weighted by Gasteiger charge is -2.44. The average Bonchev–Trinajstić information content (AvgIpc) is 3.42. The number of aromatic nitrogens is 2. The quantitative estimate of drug-likeness (QED) is 0.536. The number of thioether (sulfide) groups is 1. The molecule has 7 heteroatoms. The number of hydrogen-bond donors (Lipinski definition) is 1. The molecule has 1 amide bonds. The number of likely N-dealkylation sites (tertiary alicyclic amines) is 1. The first-order chi connectivity index (χ1) is 17.1. The molecule has 2 heterocycles. The fraction of sp³-hybridized carbons (Fsp3) is 0.429. The van der Waals surface area contributed by atoms with E-state index in [0.29, 0.717) is 5.75 Å². The number of piperidine rings is 1. The fourth-order valence-corrected chi connectivity index (χ4v) is 6.39. The number of ether oxygens (including phenoxy) is 1. The molecule has 6 nitrogen and oxygen atoms in total. The molecule has 0 unspecified atom stereocenters. The highest BCUT2D eigenvalue weighted by Crippen LogP contribution is 2.52. The van der Waals surface area contributed by atoms with Crippen LogP contribution in [0.2, 0.25) is 0 Å². The molecular weight excluding hydrogens is 456 g/mol. The minimum Gasteiger partial charge on any atom is -0.378 e. The van der Waals surface area contributed by atoms with Crippen molar-refractivity contribution in [3.63, 3.8) is 0 Å². The van der Waals surface area contributed by atoms with Crippen LogP contribution in [0.3, 0.4) is 0 Å². The number of benzene rings is 2. The second kappa shape index (κ2) is 10.2. The molecule has 1 aromatic heterocycles. The van der Waals surface area contributed by atoms with Gasteiger partial charge in [0.15, 0.2) is 0 Å². The Hall–Kier alpha value is -2.61. The van der Waals surface area contributed by atoms with Crippen molar-refractivity contribution in [2.75, 3.05) is 32.2 Å². The van der Waals surface area contributed by atoms with Crippen LogP contribution in [0.15, 0.2) is 60.9 Å². The van der Waals surface area contributed by atoms with Crippen molar-refractivity contribution in [3.8, 4) is 5.69 Å². The summed E-state index contributed by atoms with van der Waals surface area (Å²) in [6.07, 6.45) is 7.80. The number of hydrogen-bond acceptors (Lipinski definition) is 5. The van der Waals surface area contributed by atoms with E-state index in [4.69, 9.17) is 4.74 Å². The molecule has 1 aliphatic carbocycles. The van der Waals surface area contributed by atoms with Crippen molar-refractivity contribution in [1.29, 1.82) is 0 Å². The Bertz CT molecular complexity index is 1180. The van der Waals surface area contributed by atoms with Gasteiger partial charge in [-0.1, -0.05) is 36.4 Å². The van der Waals surface area contributed by atoms with Crippen LogP contribution >= 0.6 is 11.8 Å². The lowest BCUT2D eigenvalue weighted by atomic mass is 9.72. The first kappa shape index (κ1) is 24.1. The van der Waals surface area contributed by atoms with Crippen LogP contribution in [-0.2, 0) is 21.5 Å². The van der Waals surface area contributed by atoms with Crippen LogP contribution in [0.5, 0.6) is 0 Å². The molecule has 2 aliphatic rings. The number of rotatable bonds is 7. The van der Waals surface area contributed by atoms with E-state index in [1.165, 1.54) is 16.7 Å². The Morgan fingerprint density at radius 1 is 1.20 bits per heavy atom. The Labute approximate surface area is 212 Å². The lowest BCUT2D eigenvalue weighted by molar-refractivity contribution is -0.121. The predicted octanol–water partition coefficient (Wildman–Crippen LogP) is 4.26.